The van der Waals surface area contributed by atoms with Gasteiger partial charge in [-0.3, -0.25) is 0 Å². The maximum Gasteiger partial charge on any atom is 0.229 e. The Hall–Kier alpha value is -1.54. The standard InChI is InChI=1S/C17H18N2O3S2/c20-24(21,16-8-4-11-23-16)19-10-5-9-17(13-19)12-15(18-22-17)14-6-2-1-3-7-14/h1-4,6-8,11H,5,9-10,12-13H2. The zero-order valence-electron chi connectivity index (χ0n) is 13.1. The molecule has 5 nitrogen and oxygen atoms in total. The van der Waals surface area contributed by atoms with E-state index in [0.29, 0.717) is 23.7 Å². The van der Waals surface area contributed by atoms with Gasteiger partial charge in [-0.1, -0.05) is 51.0 Å². The molecule has 2 unspecified atom stereocenters. The van der Waals surface area contributed by atoms with Gasteiger partial charge in [-0.25, -0.2) is 0 Å². The van der Waals surface area contributed by atoms with Gasteiger partial charge in [0.15, 0.2) is 16.0 Å². The molecule has 1 spiro atoms. The van der Waals surface area contributed by atoms with E-state index in [1.807, 2.05) is 30.3 Å². The summed E-state index contributed by atoms with van der Waals surface area (Å²) in [6.07, 6.45) is 2.25. The number of benzene rings is 1. The van der Waals surface area contributed by atoms with E-state index in [4.69, 9.17) is 4.84 Å². The van der Waals surface area contributed by atoms with Crippen molar-refractivity contribution in [1.29, 1.82) is 0 Å². The Morgan fingerprint density at radius 1 is 1.25 bits per heavy atom. The van der Waals surface area contributed by atoms with E-state index in [-0.39, 0.29) is 0 Å². The molecule has 2 atom stereocenters. The first-order valence-corrected chi connectivity index (χ1v) is 10.3. The van der Waals surface area contributed by atoms with Crippen molar-refractivity contribution < 1.29 is 13.6 Å². The summed E-state index contributed by atoms with van der Waals surface area (Å²) >= 11 is 1.25. The Bertz CT molecular complexity index is 791. The Balaban J connectivity index is 1.53. The van der Waals surface area contributed by atoms with E-state index < -0.39 is 16.0 Å². The smallest absolute Gasteiger partial charge is 0.229 e. The Kier molecular flexibility index (Phi) is 4.04. The number of oxime groups is 1. The minimum Gasteiger partial charge on any atom is -0.592 e. The second-order valence-corrected chi connectivity index (χ2v) is 9.34. The molecule has 0 bridgehead atoms. The first-order chi connectivity index (χ1) is 11.6. The van der Waals surface area contributed by atoms with Crippen molar-refractivity contribution in [3.63, 3.8) is 0 Å². The Morgan fingerprint density at radius 3 is 2.83 bits per heavy atom. The first kappa shape index (κ1) is 16.0. The highest BCUT2D eigenvalue weighted by Gasteiger charge is 2.48. The van der Waals surface area contributed by atoms with Gasteiger partial charge in [-0.2, -0.15) is 0 Å². The van der Waals surface area contributed by atoms with Crippen LogP contribution in [-0.4, -0.2) is 33.3 Å². The van der Waals surface area contributed by atoms with Crippen LogP contribution in [0, 0.1) is 0 Å². The molecular weight excluding hydrogens is 344 g/mol. The summed E-state index contributed by atoms with van der Waals surface area (Å²) in [6.45, 7) is 0.888. The van der Waals surface area contributed by atoms with Crippen LogP contribution >= 0.6 is 11.3 Å². The van der Waals surface area contributed by atoms with Crippen molar-refractivity contribution in [2.45, 2.75) is 29.1 Å². The molecule has 0 saturated carbocycles. The van der Waals surface area contributed by atoms with Gasteiger partial charge >= 0.3 is 0 Å². The highest BCUT2D eigenvalue weighted by atomic mass is 32.3. The van der Waals surface area contributed by atoms with Gasteiger partial charge in [0.05, 0.1) is 12.3 Å². The molecule has 1 aromatic heterocycles. The van der Waals surface area contributed by atoms with Gasteiger partial charge in [0.1, 0.15) is 0 Å². The molecule has 7 heteroatoms. The van der Waals surface area contributed by atoms with Gasteiger partial charge in [0.2, 0.25) is 4.21 Å². The summed E-state index contributed by atoms with van der Waals surface area (Å²) in [6, 6.07) is 13.3. The van der Waals surface area contributed by atoms with Crippen LogP contribution in [-0.2, 0) is 19.4 Å². The monoisotopic (exact) mass is 362 g/mol. The second-order valence-electron chi connectivity index (χ2n) is 6.23. The van der Waals surface area contributed by atoms with Crippen molar-refractivity contribution in [3.05, 3.63) is 53.4 Å². The first-order valence-electron chi connectivity index (χ1n) is 7.93. The molecule has 2 aliphatic heterocycles. The fourth-order valence-electron chi connectivity index (χ4n) is 3.33. The van der Waals surface area contributed by atoms with Crippen molar-refractivity contribution in [1.82, 2.24) is 4.31 Å². The van der Waals surface area contributed by atoms with Gasteiger partial charge in [0, 0.05) is 19.0 Å². The SMILES string of the molecule is O=[S+]([O-])(c1cccs1)N1CCCC2(CC(c3ccccc3)=NO2)C1. The zero-order chi connectivity index (χ0) is 16.6. The molecule has 0 N–H and O–H groups in total. The number of sulfonamides is 1. The molecule has 24 heavy (non-hydrogen) atoms. The quantitative estimate of drug-likeness (QED) is 0.787. The van der Waals surface area contributed by atoms with Crippen LogP contribution in [0.4, 0.5) is 0 Å². The topological polar surface area (TPSA) is 65.0 Å². The summed E-state index contributed by atoms with van der Waals surface area (Å²) in [5, 5.41) is 6.05. The van der Waals surface area contributed by atoms with E-state index in [9.17, 15) is 8.76 Å². The molecule has 126 valence electrons. The largest absolute Gasteiger partial charge is 0.592 e. The molecule has 4 rings (SSSR count). The van der Waals surface area contributed by atoms with Crippen LogP contribution in [0.5, 0.6) is 0 Å². The lowest BCUT2D eigenvalue weighted by molar-refractivity contribution is -0.0533. The van der Waals surface area contributed by atoms with Crippen molar-refractivity contribution in [2.75, 3.05) is 13.1 Å². The van der Waals surface area contributed by atoms with Crippen LogP contribution in [0.1, 0.15) is 24.8 Å². The number of piperidine rings is 1. The van der Waals surface area contributed by atoms with Crippen molar-refractivity contribution in [3.8, 4) is 0 Å². The van der Waals surface area contributed by atoms with E-state index in [0.717, 1.165) is 24.1 Å². The average Bonchev–Trinajstić information content (AvgIpc) is 3.27. The molecule has 3 heterocycles. The highest BCUT2D eigenvalue weighted by Crippen LogP contribution is 2.38. The zero-order valence-corrected chi connectivity index (χ0v) is 14.7. The number of rotatable bonds is 3. The molecule has 1 saturated heterocycles. The summed E-state index contributed by atoms with van der Waals surface area (Å²) in [5.74, 6) is 0. The average molecular weight is 362 g/mol. The second kappa shape index (κ2) is 6.07. The molecule has 0 radical (unpaired) electrons. The van der Waals surface area contributed by atoms with Gasteiger partial charge in [-0.15, -0.1) is 4.31 Å². The van der Waals surface area contributed by atoms with Gasteiger partial charge in [0.25, 0.3) is 0 Å². The van der Waals surface area contributed by atoms with Crippen molar-refractivity contribution in [2.24, 2.45) is 5.16 Å². The Morgan fingerprint density at radius 2 is 2.08 bits per heavy atom. The molecular formula is C17H18N2O3S2. The lowest BCUT2D eigenvalue weighted by Crippen LogP contribution is -2.52. The Labute approximate surface area is 146 Å². The normalized spacial score (nSPS) is 26.8. The van der Waals surface area contributed by atoms with Crippen LogP contribution in [0.15, 0.2) is 57.2 Å². The summed E-state index contributed by atoms with van der Waals surface area (Å²) in [7, 11) is -3.44. The fourth-order valence-corrected chi connectivity index (χ4v) is 6.02. The lowest BCUT2D eigenvalue weighted by Gasteiger charge is -2.38. The molecule has 0 aliphatic carbocycles. The molecule has 2 aromatic rings. The number of hydrogen-bond donors (Lipinski definition) is 0. The molecule has 0 amide bonds. The van der Waals surface area contributed by atoms with E-state index in [2.05, 4.69) is 5.16 Å². The maximum absolute atomic E-state index is 12.8. The van der Waals surface area contributed by atoms with Gasteiger partial charge in [-0.05, 0) is 29.9 Å². The van der Waals surface area contributed by atoms with E-state index in [1.165, 1.54) is 11.3 Å². The summed E-state index contributed by atoms with van der Waals surface area (Å²) < 4.78 is 27.5. The van der Waals surface area contributed by atoms with Crippen LogP contribution in [0.25, 0.3) is 0 Å². The van der Waals surface area contributed by atoms with Crippen LogP contribution in [0.2, 0.25) is 0 Å². The van der Waals surface area contributed by atoms with Crippen molar-refractivity contribution >= 4 is 27.4 Å². The predicted molar refractivity (Wildman–Crippen MR) is 93.6 cm³/mol. The molecule has 2 aliphatic rings. The fraction of sp³-hybridized carbons (Fsp3) is 0.353. The van der Waals surface area contributed by atoms with Gasteiger partial charge < -0.3 is 9.39 Å². The molecule has 1 aromatic carbocycles. The van der Waals surface area contributed by atoms with Crippen LogP contribution in [0.3, 0.4) is 0 Å². The number of thiophene rings is 1. The van der Waals surface area contributed by atoms with E-state index in [1.54, 1.807) is 21.8 Å². The third-order valence-corrected chi connectivity index (χ3v) is 7.76. The third-order valence-electron chi connectivity index (χ3n) is 4.54. The number of hydrogen-bond acceptors (Lipinski definition) is 5. The molecule has 1 fully saturated rings. The van der Waals surface area contributed by atoms with Crippen LogP contribution < -0.4 is 0 Å². The maximum atomic E-state index is 12.8. The summed E-state index contributed by atoms with van der Waals surface area (Å²) in [5.41, 5.74) is 1.40. The van der Waals surface area contributed by atoms with E-state index >= 15 is 0 Å². The highest BCUT2D eigenvalue weighted by molar-refractivity contribution is 7.97. The third kappa shape index (κ3) is 2.82. The minimum atomic E-state index is -3.44. The summed E-state index contributed by atoms with van der Waals surface area (Å²) in [4.78, 5) is 5.78. The number of nitrogens with zero attached hydrogens (tertiary/aromatic N) is 2. The minimum absolute atomic E-state index is 0.354. The lowest BCUT2D eigenvalue weighted by atomic mass is 9.87. The predicted octanol–water partition coefficient (Wildman–Crippen LogP) is 3.31.